The molecule has 1 saturated carbocycles. The van der Waals surface area contributed by atoms with Crippen LogP contribution in [0.1, 0.15) is 44.9 Å². The third kappa shape index (κ3) is 3.34. The zero-order valence-corrected chi connectivity index (χ0v) is 17.0. The van der Waals surface area contributed by atoms with Gasteiger partial charge >= 0.3 is 6.09 Å². The van der Waals surface area contributed by atoms with Crippen molar-refractivity contribution in [3.8, 4) is 0 Å². The molecule has 2 aromatic rings. The van der Waals surface area contributed by atoms with Crippen molar-refractivity contribution in [3.05, 3.63) is 33.8 Å². The Labute approximate surface area is 160 Å². The van der Waals surface area contributed by atoms with Crippen LogP contribution in [-0.4, -0.2) is 33.7 Å². The van der Waals surface area contributed by atoms with Gasteiger partial charge in [0.2, 0.25) is 0 Å². The van der Waals surface area contributed by atoms with E-state index in [1.165, 1.54) is 15.2 Å². The van der Waals surface area contributed by atoms with Gasteiger partial charge in [0.05, 0.1) is 15.8 Å². The van der Waals surface area contributed by atoms with Gasteiger partial charge in [-0.25, -0.2) is 4.79 Å². The maximum Gasteiger partial charge on any atom is 0.411 e. The molecular formula is C19H21BrN2O2S. The number of rotatable bonds is 1. The summed E-state index contributed by atoms with van der Waals surface area (Å²) >= 11 is 5.26. The van der Waals surface area contributed by atoms with Crippen LogP contribution in [0.2, 0.25) is 0 Å². The minimum atomic E-state index is -0.457. The maximum atomic E-state index is 12.6. The summed E-state index contributed by atoms with van der Waals surface area (Å²) in [5.74, 6) is 0. The first-order valence-electron chi connectivity index (χ1n) is 8.51. The molecule has 4 rings (SSSR count). The lowest BCUT2D eigenvalue weighted by Crippen LogP contribution is -2.47. The van der Waals surface area contributed by atoms with Gasteiger partial charge in [-0.3, -0.25) is 9.88 Å². The predicted molar refractivity (Wildman–Crippen MR) is 105 cm³/mol. The number of carbonyl (C=O) groups is 1. The summed E-state index contributed by atoms with van der Waals surface area (Å²) in [6, 6.07) is 4.28. The molecule has 1 amide bonds. The third-order valence-electron chi connectivity index (χ3n) is 4.71. The van der Waals surface area contributed by atoms with Crippen molar-refractivity contribution in [2.24, 2.45) is 0 Å². The van der Waals surface area contributed by atoms with Gasteiger partial charge in [-0.15, -0.1) is 11.3 Å². The van der Waals surface area contributed by atoms with Crippen LogP contribution in [0.15, 0.2) is 28.9 Å². The Balaban J connectivity index is 1.60. The minimum absolute atomic E-state index is 0.0450. The molecular weight excluding hydrogens is 400 g/mol. The lowest BCUT2D eigenvalue weighted by molar-refractivity contribution is 0.0153. The van der Waals surface area contributed by atoms with E-state index in [0.717, 1.165) is 29.3 Å². The number of aromatic nitrogens is 1. The van der Waals surface area contributed by atoms with E-state index in [1.54, 1.807) is 11.3 Å². The molecule has 0 unspecified atom stereocenters. The van der Waals surface area contributed by atoms with Crippen molar-refractivity contribution in [1.29, 1.82) is 0 Å². The molecule has 0 N–H and O–H groups in total. The highest BCUT2D eigenvalue weighted by atomic mass is 79.9. The van der Waals surface area contributed by atoms with Crippen LogP contribution in [0.4, 0.5) is 4.79 Å². The smallest absolute Gasteiger partial charge is 0.411 e. The Morgan fingerprint density at radius 2 is 2.12 bits per heavy atom. The van der Waals surface area contributed by atoms with E-state index in [-0.39, 0.29) is 11.6 Å². The average Bonchev–Trinajstić information content (AvgIpc) is 3.13. The molecule has 0 aromatic carbocycles. The fourth-order valence-corrected chi connectivity index (χ4v) is 4.91. The van der Waals surface area contributed by atoms with Gasteiger partial charge in [0, 0.05) is 22.1 Å². The third-order valence-corrected chi connectivity index (χ3v) is 6.29. The number of hydrogen-bond donors (Lipinski definition) is 0. The van der Waals surface area contributed by atoms with Crippen LogP contribution in [0.5, 0.6) is 0 Å². The number of nitrogens with zero attached hydrogens (tertiary/aromatic N) is 2. The predicted octanol–water partition coefficient (Wildman–Crippen LogP) is 5.62. The number of hydrogen-bond acceptors (Lipinski definition) is 4. The summed E-state index contributed by atoms with van der Waals surface area (Å²) < 4.78 is 7.79. The molecule has 1 fully saturated rings. The zero-order valence-electron chi connectivity index (χ0n) is 14.6. The number of amides is 1. The van der Waals surface area contributed by atoms with Crippen LogP contribution in [0, 0.1) is 0 Å². The first-order chi connectivity index (χ1) is 11.8. The van der Waals surface area contributed by atoms with Crippen molar-refractivity contribution in [3.63, 3.8) is 0 Å². The van der Waals surface area contributed by atoms with Crippen molar-refractivity contribution in [2.75, 3.05) is 6.54 Å². The van der Waals surface area contributed by atoms with Gasteiger partial charge < -0.3 is 4.74 Å². The summed E-state index contributed by atoms with van der Waals surface area (Å²) in [6.07, 6.45) is 6.83. The summed E-state index contributed by atoms with van der Waals surface area (Å²) in [4.78, 5) is 20.2. The highest BCUT2D eigenvalue weighted by Gasteiger charge is 2.52. The van der Waals surface area contributed by atoms with Crippen molar-refractivity contribution in [2.45, 2.75) is 51.2 Å². The molecule has 1 aliphatic heterocycles. The maximum absolute atomic E-state index is 12.6. The molecule has 0 saturated heterocycles. The first kappa shape index (κ1) is 17.0. The number of ether oxygens (including phenoxy) is 1. The summed E-state index contributed by atoms with van der Waals surface area (Å²) in [7, 11) is 0. The topological polar surface area (TPSA) is 42.4 Å². The molecule has 132 valence electrons. The molecule has 6 heteroatoms. The van der Waals surface area contributed by atoms with Crippen LogP contribution in [0.3, 0.4) is 0 Å². The minimum Gasteiger partial charge on any atom is -0.444 e. The number of carbonyl (C=O) groups excluding carboxylic acids is 1. The average molecular weight is 421 g/mol. The summed E-state index contributed by atoms with van der Waals surface area (Å²) in [5, 5.41) is 0. The molecule has 1 aliphatic carbocycles. The lowest BCUT2D eigenvalue weighted by atomic mass is 9.97. The van der Waals surface area contributed by atoms with Crippen LogP contribution in [0.25, 0.3) is 15.8 Å². The Morgan fingerprint density at radius 1 is 1.36 bits per heavy atom. The van der Waals surface area contributed by atoms with E-state index in [0.29, 0.717) is 6.54 Å². The SMILES string of the molecule is CC(C)(C)OC(=O)N1CC=C(c2cc3ncc(Br)cc3s2)CC12CC2. The quantitative estimate of drug-likeness (QED) is 0.601. The van der Waals surface area contributed by atoms with Crippen LogP contribution >= 0.6 is 27.3 Å². The van der Waals surface area contributed by atoms with Crippen molar-refractivity contribution < 1.29 is 9.53 Å². The Bertz CT molecular complexity index is 877. The van der Waals surface area contributed by atoms with Crippen LogP contribution in [-0.2, 0) is 4.74 Å². The van der Waals surface area contributed by atoms with Gasteiger partial charge in [0.25, 0.3) is 0 Å². The molecule has 2 aromatic heterocycles. The Kier molecular flexibility index (Phi) is 3.96. The number of fused-ring (bicyclic) bond motifs is 1. The molecule has 1 spiro atoms. The summed E-state index contributed by atoms with van der Waals surface area (Å²) in [6.45, 7) is 6.36. The highest BCUT2D eigenvalue weighted by molar-refractivity contribution is 9.10. The number of pyridine rings is 1. The monoisotopic (exact) mass is 420 g/mol. The van der Waals surface area contributed by atoms with E-state index in [2.05, 4.69) is 39.1 Å². The number of halogens is 1. The standard InChI is InChI=1S/C19H21BrN2O2S/c1-18(2,3)24-17(23)22-7-4-12(10-19(22)5-6-19)15-9-14-16(25-15)8-13(20)11-21-14/h4,8-9,11H,5-7,10H2,1-3H3. The summed E-state index contributed by atoms with van der Waals surface area (Å²) in [5.41, 5.74) is 1.86. The van der Waals surface area contributed by atoms with Crippen molar-refractivity contribution in [1.82, 2.24) is 9.88 Å². The first-order valence-corrected chi connectivity index (χ1v) is 10.1. The lowest BCUT2D eigenvalue weighted by Gasteiger charge is -2.36. The molecule has 25 heavy (non-hydrogen) atoms. The fraction of sp³-hybridized carbons (Fsp3) is 0.474. The van der Waals surface area contributed by atoms with E-state index >= 15 is 0 Å². The Hall–Kier alpha value is -1.40. The molecule has 4 nitrogen and oxygen atoms in total. The Morgan fingerprint density at radius 3 is 2.80 bits per heavy atom. The number of thiophene rings is 1. The largest absolute Gasteiger partial charge is 0.444 e. The molecule has 2 aliphatic rings. The fourth-order valence-electron chi connectivity index (χ4n) is 3.33. The van der Waals surface area contributed by atoms with E-state index < -0.39 is 5.60 Å². The second kappa shape index (κ2) is 5.81. The molecule has 0 radical (unpaired) electrons. The van der Waals surface area contributed by atoms with E-state index in [4.69, 9.17) is 4.74 Å². The van der Waals surface area contributed by atoms with E-state index in [1.807, 2.05) is 31.9 Å². The normalized spacial score (nSPS) is 19.2. The second-order valence-electron chi connectivity index (χ2n) is 7.87. The van der Waals surface area contributed by atoms with Gasteiger partial charge in [-0.1, -0.05) is 6.08 Å². The zero-order chi connectivity index (χ0) is 17.8. The molecule has 0 atom stereocenters. The van der Waals surface area contributed by atoms with Gasteiger partial charge in [0.15, 0.2) is 0 Å². The molecule has 3 heterocycles. The van der Waals surface area contributed by atoms with Crippen LogP contribution < -0.4 is 0 Å². The van der Waals surface area contributed by atoms with E-state index in [9.17, 15) is 4.79 Å². The highest BCUT2D eigenvalue weighted by Crippen LogP contribution is 2.51. The second-order valence-corrected chi connectivity index (χ2v) is 9.87. The van der Waals surface area contributed by atoms with Crippen molar-refractivity contribution >= 4 is 49.1 Å². The van der Waals surface area contributed by atoms with Gasteiger partial charge in [-0.05, 0) is 73.7 Å². The molecule has 0 bridgehead atoms. The van der Waals surface area contributed by atoms with Gasteiger partial charge in [0.1, 0.15) is 5.60 Å². The van der Waals surface area contributed by atoms with Gasteiger partial charge in [-0.2, -0.15) is 0 Å².